The van der Waals surface area contributed by atoms with Gasteiger partial charge < -0.3 is 25.4 Å². The summed E-state index contributed by atoms with van der Waals surface area (Å²) in [6.07, 6.45) is 7.81. The highest BCUT2D eigenvalue weighted by Gasteiger charge is 2.25. The zero-order valence-electron chi connectivity index (χ0n) is 17.3. The minimum atomic E-state index is -0.457. The van der Waals surface area contributed by atoms with E-state index in [1.165, 1.54) is 5.57 Å². The summed E-state index contributed by atoms with van der Waals surface area (Å²) in [4.78, 5) is 16.2. The highest BCUT2D eigenvalue weighted by Crippen LogP contribution is 2.19. The van der Waals surface area contributed by atoms with E-state index in [2.05, 4.69) is 27.0 Å². The number of alkyl carbamates (subject to hydrolysis) is 1. The zero-order chi connectivity index (χ0) is 19.7. The van der Waals surface area contributed by atoms with Crippen LogP contribution in [0.25, 0.3) is 0 Å². The molecule has 7 nitrogen and oxygen atoms in total. The van der Waals surface area contributed by atoms with Gasteiger partial charge >= 0.3 is 6.09 Å². The molecule has 0 radical (unpaired) electrons. The van der Waals surface area contributed by atoms with Gasteiger partial charge in [0.1, 0.15) is 5.60 Å². The molecule has 1 aliphatic heterocycles. The van der Waals surface area contributed by atoms with Crippen molar-refractivity contribution < 1.29 is 14.3 Å². The van der Waals surface area contributed by atoms with Crippen molar-refractivity contribution in [1.82, 2.24) is 16.0 Å². The number of carbonyl (C=O) groups is 1. The van der Waals surface area contributed by atoms with Crippen LogP contribution in [0.15, 0.2) is 16.6 Å². The predicted molar refractivity (Wildman–Crippen MR) is 108 cm³/mol. The Morgan fingerprint density at radius 1 is 1.22 bits per heavy atom. The third-order valence-corrected chi connectivity index (χ3v) is 4.81. The lowest BCUT2D eigenvalue weighted by Gasteiger charge is -2.31. The minimum Gasteiger partial charge on any atom is -0.444 e. The summed E-state index contributed by atoms with van der Waals surface area (Å²) in [6.45, 7) is 8.09. The van der Waals surface area contributed by atoms with Gasteiger partial charge in [-0.25, -0.2) is 4.79 Å². The Morgan fingerprint density at radius 2 is 1.89 bits per heavy atom. The number of nitrogens with zero attached hydrogens (tertiary/aromatic N) is 1. The standard InChI is InChI=1S/C20H36N4O3/c1-20(2,3)27-19(25)24-17-7-5-16(6-8-17)23-18(21-4)22-12-9-15-10-13-26-14-11-15/h10,16-17H,5-9,11-14H2,1-4H3,(H,24,25)(H2,21,22,23). The first-order valence-corrected chi connectivity index (χ1v) is 10.1. The monoisotopic (exact) mass is 380 g/mol. The fourth-order valence-electron chi connectivity index (χ4n) is 3.38. The van der Waals surface area contributed by atoms with E-state index in [1.807, 2.05) is 20.8 Å². The summed E-state index contributed by atoms with van der Waals surface area (Å²) in [5.74, 6) is 0.853. The first kappa shape index (κ1) is 21.5. The number of carbonyl (C=O) groups excluding carboxylic acids is 1. The van der Waals surface area contributed by atoms with E-state index in [0.29, 0.717) is 6.04 Å². The van der Waals surface area contributed by atoms with Gasteiger partial charge in [-0.15, -0.1) is 0 Å². The molecular formula is C20H36N4O3. The number of aliphatic imine (C=N–C) groups is 1. The smallest absolute Gasteiger partial charge is 0.407 e. The van der Waals surface area contributed by atoms with E-state index < -0.39 is 5.60 Å². The molecule has 1 fully saturated rings. The third-order valence-electron chi connectivity index (χ3n) is 4.81. The lowest BCUT2D eigenvalue weighted by atomic mass is 9.91. The van der Waals surface area contributed by atoms with Gasteiger partial charge in [-0.1, -0.05) is 11.6 Å². The Balaban J connectivity index is 1.64. The van der Waals surface area contributed by atoms with Crippen molar-refractivity contribution in [3.05, 3.63) is 11.6 Å². The number of amides is 1. The number of hydrogen-bond donors (Lipinski definition) is 3. The van der Waals surface area contributed by atoms with Crippen LogP contribution in [0.4, 0.5) is 4.79 Å². The first-order chi connectivity index (χ1) is 12.9. The summed E-state index contributed by atoms with van der Waals surface area (Å²) in [7, 11) is 1.80. The van der Waals surface area contributed by atoms with Gasteiger partial charge in [0.05, 0.1) is 13.2 Å². The van der Waals surface area contributed by atoms with Crippen molar-refractivity contribution in [3.8, 4) is 0 Å². The van der Waals surface area contributed by atoms with Crippen molar-refractivity contribution in [2.75, 3.05) is 26.8 Å². The molecule has 1 saturated carbocycles. The number of hydrogen-bond acceptors (Lipinski definition) is 4. The lowest BCUT2D eigenvalue weighted by Crippen LogP contribution is -2.48. The highest BCUT2D eigenvalue weighted by atomic mass is 16.6. The lowest BCUT2D eigenvalue weighted by molar-refractivity contribution is 0.0490. The van der Waals surface area contributed by atoms with Gasteiger partial charge in [-0.2, -0.15) is 0 Å². The van der Waals surface area contributed by atoms with E-state index in [1.54, 1.807) is 7.05 Å². The maximum atomic E-state index is 11.9. The summed E-state index contributed by atoms with van der Waals surface area (Å²) < 4.78 is 10.7. The fourth-order valence-corrected chi connectivity index (χ4v) is 3.38. The van der Waals surface area contributed by atoms with Crippen LogP contribution >= 0.6 is 0 Å². The van der Waals surface area contributed by atoms with Crippen LogP contribution in [-0.2, 0) is 9.47 Å². The summed E-state index contributed by atoms with van der Waals surface area (Å²) in [5.41, 5.74) is 1.000. The topological polar surface area (TPSA) is 84.0 Å². The van der Waals surface area contributed by atoms with Gasteiger partial charge in [0.15, 0.2) is 5.96 Å². The molecule has 1 heterocycles. The molecule has 0 aromatic rings. The van der Waals surface area contributed by atoms with E-state index >= 15 is 0 Å². The van der Waals surface area contributed by atoms with Gasteiger partial charge in [0.25, 0.3) is 0 Å². The second-order valence-corrected chi connectivity index (χ2v) is 8.28. The van der Waals surface area contributed by atoms with Gasteiger partial charge in [0.2, 0.25) is 0 Å². The maximum Gasteiger partial charge on any atom is 0.407 e. The molecule has 154 valence electrons. The molecule has 7 heteroatoms. The van der Waals surface area contributed by atoms with Crippen molar-refractivity contribution in [3.63, 3.8) is 0 Å². The number of rotatable bonds is 5. The van der Waals surface area contributed by atoms with Crippen LogP contribution < -0.4 is 16.0 Å². The molecule has 0 atom stereocenters. The Kier molecular flexibility index (Phi) is 8.41. The van der Waals surface area contributed by atoms with Crippen molar-refractivity contribution in [2.24, 2.45) is 4.99 Å². The Bertz CT molecular complexity index is 532. The zero-order valence-corrected chi connectivity index (χ0v) is 17.3. The predicted octanol–water partition coefficient (Wildman–Crippen LogP) is 2.72. The number of guanidine groups is 1. The maximum absolute atomic E-state index is 11.9. The Hall–Kier alpha value is -1.76. The summed E-state index contributed by atoms with van der Waals surface area (Å²) in [6, 6.07) is 0.573. The van der Waals surface area contributed by atoms with E-state index in [4.69, 9.17) is 9.47 Å². The van der Waals surface area contributed by atoms with Crippen molar-refractivity contribution >= 4 is 12.1 Å². The SMILES string of the molecule is CN=C(NCCC1=CCOCC1)NC1CCC(NC(=O)OC(C)(C)C)CC1. The van der Waals surface area contributed by atoms with Crippen molar-refractivity contribution in [2.45, 2.75) is 77.0 Å². The average molecular weight is 381 g/mol. The highest BCUT2D eigenvalue weighted by molar-refractivity contribution is 5.80. The third kappa shape index (κ3) is 8.65. The largest absolute Gasteiger partial charge is 0.444 e. The van der Waals surface area contributed by atoms with Gasteiger partial charge in [0, 0.05) is 25.7 Å². The Morgan fingerprint density at radius 3 is 2.44 bits per heavy atom. The van der Waals surface area contributed by atoms with Gasteiger partial charge in [-0.3, -0.25) is 4.99 Å². The number of nitrogens with one attached hydrogen (secondary N) is 3. The molecular weight excluding hydrogens is 344 g/mol. The molecule has 2 rings (SSSR count). The average Bonchev–Trinajstić information content (AvgIpc) is 2.61. The second kappa shape index (κ2) is 10.5. The molecule has 0 spiro atoms. The van der Waals surface area contributed by atoms with Crippen LogP contribution in [0.2, 0.25) is 0 Å². The molecule has 0 aromatic heterocycles. The normalized spacial score (nSPS) is 24.0. The van der Waals surface area contributed by atoms with E-state index in [0.717, 1.165) is 64.2 Å². The fraction of sp³-hybridized carbons (Fsp3) is 0.800. The van der Waals surface area contributed by atoms with Gasteiger partial charge in [-0.05, 0) is 59.3 Å². The van der Waals surface area contributed by atoms with Crippen LogP contribution in [-0.4, -0.2) is 56.5 Å². The molecule has 3 N–H and O–H groups in total. The van der Waals surface area contributed by atoms with Crippen LogP contribution in [0, 0.1) is 0 Å². The summed E-state index contributed by atoms with van der Waals surface area (Å²) in [5, 5.41) is 9.89. The Labute approximate surface area is 163 Å². The first-order valence-electron chi connectivity index (χ1n) is 10.1. The van der Waals surface area contributed by atoms with Crippen molar-refractivity contribution in [1.29, 1.82) is 0 Å². The van der Waals surface area contributed by atoms with Crippen LogP contribution in [0.3, 0.4) is 0 Å². The number of ether oxygens (including phenoxy) is 2. The molecule has 0 unspecified atom stereocenters. The quantitative estimate of drug-likeness (QED) is 0.388. The molecule has 2 aliphatic rings. The molecule has 0 saturated heterocycles. The van der Waals surface area contributed by atoms with Crippen LogP contribution in [0.5, 0.6) is 0 Å². The molecule has 1 aliphatic carbocycles. The molecule has 1 amide bonds. The minimum absolute atomic E-state index is 0.188. The molecule has 0 aromatic carbocycles. The second-order valence-electron chi connectivity index (χ2n) is 8.28. The molecule has 27 heavy (non-hydrogen) atoms. The van der Waals surface area contributed by atoms with E-state index in [-0.39, 0.29) is 12.1 Å². The summed E-state index contributed by atoms with van der Waals surface area (Å²) >= 11 is 0. The van der Waals surface area contributed by atoms with Crippen LogP contribution in [0.1, 0.15) is 59.3 Å². The molecule has 0 bridgehead atoms. The van der Waals surface area contributed by atoms with E-state index in [9.17, 15) is 4.79 Å².